The molecule has 3 heteroatoms. The average Bonchev–Trinajstić information content (AvgIpc) is 2.62. The standard InChI is InChI=1S/C20H17NO2/c22-14-16-9-11-18(12-10-16)21-19-7-4-8-20(13-19)23-15-17-5-2-1-3-6-17/h1-14,21H,15H2. The van der Waals surface area contributed by atoms with Gasteiger partial charge in [0, 0.05) is 23.0 Å². The van der Waals surface area contributed by atoms with E-state index in [4.69, 9.17) is 4.74 Å². The molecule has 3 aromatic carbocycles. The third kappa shape index (κ3) is 4.20. The second-order valence-corrected chi connectivity index (χ2v) is 5.17. The first-order valence-corrected chi connectivity index (χ1v) is 7.42. The molecule has 3 aromatic rings. The fraction of sp³-hybridized carbons (Fsp3) is 0.0500. The summed E-state index contributed by atoms with van der Waals surface area (Å²) in [5.41, 5.74) is 3.66. The minimum atomic E-state index is 0.540. The maximum atomic E-state index is 10.7. The van der Waals surface area contributed by atoms with Crippen LogP contribution in [0, 0.1) is 0 Å². The van der Waals surface area contributed by atoms with Crippen LogP contribution < -0.4 is 10.1 Å². The molecule has 0 spiro atoms. The van der Waals surface area contributed by atoms with E-state index in [1.54, 1.807) is 12.1 Å². The molecule has 0 amide bonds. The van der Waals surface area contributed by atoms with Crippen LogP contribution in [0.25, 0.3) is 0 Å². The molecule has 0 aromatic heterocycles. The molecule has 0 radical (unpaired) electrons. The molecule has 1 N–H and O–H groups in total. The number of rotatable bonds is 6. The van der Waals surface area contributed by atoms with Gasteiger partial charge in [0.15, 0.2) is 0 Å². The number of benzene rings is 3. The number of aldehydes is 1. The Kier molecular flexibility index (Phi) is 4.69. The van der Waals surface area contributed by atoms with Crippen LogP contribution in [0.1, 0.15) is 15.9 Å². The van der Waals surface area contributed by atoms with Gasteiger partial charge >= 0.3 is 0 Å². The van der Waals surface area contributed by atoms with Crippen LogP contribution in [0.2, 0.25) is 0 Å². The summed E-state index contributed by atoms with van der Waals surface area (Å²) in [6, 6.07) is 25.2. The third-order valence-electron chi connectivity index (χ3n) is 3.42. The topological polar surface area (TPSA) is 38.3 Å². The van der Waals surface area contributed by atoms with E-state index in [9.17, 15) is 4.79 Å². The lowest BCUT2D eigenvalue weighted by Gasteiger charge is -2.10. The number of ether oxygens (including phenoxy) is 1. The van der Waals surface area contributed by atoms with Gasteiger partial charge in [-0.05, 0) is 42.0 Å². The SMILES string of the molecule is O=Cc1ccc(Nc2cccc(OCc3ccccc3)c2)cc1. The van der Waals surface area contributed by atoms with E-state index in [0.29, 0.717) is 12.2 Å². The highest BCUT2D eigenvalue weighted by atomic mass is 16.5. The van der Waals surface area contributed by atoms with Gasteiger partial charge in [-0.1, -0.05) is 36.4 Å². The molecule has 0 bridgehead atoms. The highest BCUT2D eigenvalue weighted by Gasteiger charge is 1.99. The monoisotopic (exact) mass is 303 g/mol. The Morgan fingerprint density at radius 2 is 1.61 bits per heavy atom. The van der Waals surface area contributed by atoms with Crippen molar-refractivity contribution in [3.63, 3.8) is 0 Å². The largest absolute Gasteiger partial charge is 0.489 e. The van der Waals surface area contributed by atoms with Crippen molar-refractivity contribution in [2.75, 3.05) is 5.32 Å². The van der Waals surface area contributed by atoms with Crippen LogP contribution in [0.3, 0.4) is 0 Å². The Bertz CT molecular complexity index is 767. The van der Waals surface area contributed by atoms with Crippen molar-refractivity contribution in [1.29, 1.82) is 0 Å². The quantitative estimate of drug-likeness (QED) is 0.663. The van der Waals surface area contributed by atoms with Gasteiger partial charge in [-0.2, -0.15) is 0 Å². The Morgan fingerprint density at radius 1 is 0.826 bits per heavy atom. The predicted octanol–water partition coefficient (Wildman–Crippen LogP) is 4.82. The Labute approximate surface area is 135 Å². The van der Waals surface area contributed by atoms with E-state index in [-0.39, 0.29) is 0 Å². The second kappa shape index (κ2) is 7.27. The van der Waals surface area contributed by atoms with Crippen molar-refractivity contribution >= 4 is 17.7 Å². The van der Waals surface area contributed by atoms with Gasteiger partial charge in [0.2, 0.25) is 0 Å². The first kappa shape index (κ1) is 14.9. The van der Waals surface area contributed by atoms with Crippen molar-refractivity contribution in [3.8, 4) is 5.75 Å². The number of hydrogen-bond donors (Lipinski definition) is 1. The molecule has 0 aliphatic heterocycles. The fourth-order valence-electron chi connectivity index (χ4n) is 2.22. The van der Waals surface area contributed by atoms with Crippen LogP contribution in [-0.2, 0) is 6.61 Å². The van der Waals surface area contributed by atoms with Crippen molar-refractivity contribution in [2.45, 2.75) is 6.61 Å². The molecule has 23 heavy (non-hydrogen) atoms. The lowest BCUT2D eigenvalue weighted by atomic mass is 10.2. The van der Waals surface area contributed by atoms with E-state index in [0.717, 1.165) is 29.0 Å². The summed E-state index contributed by atoms with van der Waals surface area (Å²) in [6.07, 6.45) is 0.835. The van der Waals surface area contributed by atoms with E-state index < -0.39 is 0 Å². The van der Waals surface area contributed by atoms with Gasteiger partial charge in [-0.3, -0.25) is 4.79 Å². The molecule has 0 atom stereocenters. The number of hydrogen-bond acceptors (Lipinski definition) is 3. The number of nitrogens with one attached hydrogen (secondary N) is 1. The summed E-state index contributed by atoms with van der Waals surface area (Å²) in [7, 11) is 0. The molecule has 0 aliphatic carbocycles. The Balaban J connectivity index is 1.65. The first-order chi connectivity index (χ1) is 11.3. The normalized spacial score (nSPS) is 10.1. The van der Waals surface area contributed by atoms with Crippen molar-refractivity contribution in [3.05, 3.63) is 90.0 Å². The molecular weight excluding hydrogens is 286 g/mol. The van der Waals surface area contributed by atoms with E-state index in [1.807, 2.05) is 66.7 Å². The molecule has 114 valence electrons. The molecule has 3 rings (SSSR count). The van der Waals surface area contributed by atoms with Crippen LogP contribution in [-0.4, -0.2) is 6.29 Å². The molecule has 0 heterocycles. The molecule has 3 nitrogen and oxygen atoms in total. The van der Waals surface area contributed by atoms with Crippen LogP contribution in [0.15, 0.2) is 78.9 Å². The summed E-state index contributed by atoms with van der Waals surface area (Å²) in [5.74, 6) is 0.809. The Hall–Kier alpha value is -3.07. The summed E-state index contributed by atoms with van der Waals surface area (Å²) >= 11 is 0. The summed E-state index contributed by atoms with van der Waals surface area (Å²) in [5, 5.41) is 3.30. The molecule has 0 saturated carbocycles. The number of carbonyl (C=O) groups excluding carboxylic acids is 1. The highest BCUT2D eigenvalue weighted by molar-refractivity contribution is 5.76. The summed E-state index contributed by atoms with van der Waals surface area (Å²) in [6.45, 7) is 0.540. The third-order valence-corrected chi connectivity index (χ3v) is 3.42. The first-order valence-electron chi connectivity index (χ1n) is 7.42. The van der Waals surface area contributed by atoms with Gasteiger partial charge in [0.05, 0.1) is 0 Å². The number of carbonyl (C=O) groups is 1. The minimum absolute atomic E-state index is 0.540. The van der Waals surface area contributed by atoms with Gasteiger partial charge in [0.1, 0.15) is 18.6 Å². The molecule has 0 saturated heterocycles. The predicted molar refractivity (Wildman–Crippen MR) is 92.3 cm³/mol. The van der Waals surface area contributed by atoms with E-state index in [1.165, 1.54) is 0 Å². The zero-order valence-electron chi connectivity index (χ0n) is 12.6. The van der Waals surface area contributed by atoms with Crippen molar-refractivity contribution in [2.24, 2.45) is 0 Å². The van der Waals surface area contributed by atoms with Crippen LogP contribution in [0.4, 0.5) is 11.4 Å². The zero-order chi connectivity index (χ0) is 15.9. The molecule has 0 aliphatic rings. The molecule has 0 unspecified atom stereocenters. The summed E-state index contributed by atoms with van der Waals surface area (Å²) < 4.78 is 5.82. The lowest BCUT2D eigenvalue weighted by Crippen LogP contribution is -1.96. The van der Waals surface area contributed by atoms with E-state index in [2.05, 4.69) is 5.32 Å². The van der Waals surface area contributed by atoms with Gasteiger partial charge in [-0.15, -0.1) is 0 Å². The Morgan fingerprint density at radius 3 is 2.35 bits per heavy atom. The van der Waals surface area contributed by atoms with Gasteiger partial charge < -0.3 is 10.1 Å². The zero-order valence-corrected chi connectivity index (χ0v) is 12.6. The second-order valence-electron chi connectivity index (χ2n) is 5.17. The average molecular weight is 303 g/mol. The van der Waals surface area contributed by atoms with Crippen molar-refractivity contribution in [1.82, 2.24) is 0 Å². The number of anilines is 2. The maximum absolute atomic E-state index is 10.7. The molecular formula is C20H17NO2. The lowest BCUT2D eigenvalue weighted by molar-refractivity contribution is 0.112. The summed E-state index contributed by atoms with van der Waals surface area (Å²) in [4.78, 5) is 10.7. The van der Waals surface area contributed by atoms with Crippen LogP contribution >= 0.6 is 0 Å². The van der Waals surface area contributed by atoms with E-state index >= 15 is 0 Å². The fourth-order valence-corrected chi connectivity index (χ4v) is 2.22. The van der Waals surface area contributed by atoms with Crippen molar-refractivity contribution < 1.29 is 9.53 Å². The van der Waals surface area contributed by atoms with Crippen LogP contribution in [0.5, 0.6) is 5.75 Å². The molecule has 0 fully saturated rings. The highest BCUT2D eigenvalue weighted by Crippen LogP contribution is 2.22. The van der Waals surface area contributed by atoms with Gasteiger partial charge in [-0.25, -0.2) is 0 Å². The maximum Gasteiger partial charge on any atom is 0.150 e. The van der Waals surface area contributed by atoms with Gasteiger partial charge in [0.25, 0.3) is 0 Å². The smallest absolute Gasteiger partial charge is 0.150 e. The minimum Gasteiger partial charge on any atom is -0.489 e.